The van der Waals surface area contributed by atoms with Crippen LogP contribution in [0.2, 0.25) is 0 Å². The molecule has 1 amide bonds. The Labute approximate surface area is 178 Å². The van der Waals surface area contributed by atoms with Crippen LogP contribution in [0.3, 0.4) is 0 Å². The van der Waals surface area contributed by atoms with Gasteiger partial charge < -0.3 is 4.90 Å². The molecule has 7 heteroatoms. The first kappa shape index (κ1) is 22.2. The van der Waals surface area contributed by atoms with Crippen molar-refractivity contribution in [2.24, 2.45) is 5.14 Å². The molecule has 160 valence electrons. The summed E-state index contributed by atoms with van der Waals surface area (Å²) in [7, 11) is -2.16. The molecular weight excluding hydrogens is 400 g/mol. The molecule has 0 aromatic heterocycles. The van der Waals surface area contributed by atoms with Crippen molar-refractivity contribution < 1.29 is 18.0 Å². The predicted molar refractivity (Wildman–Crippen MR) is 116 cm³/mol. The lowest BCUT2D eigenvalue weighted by Crippen LogP contribution is -2.30. The maximum atomic E-state index is 12.6. The zero-order chi connectivity index (χ0) is 21.9. The van der Waals surface area contributed by atoms with E-state index in [0.717, 1.165) is 19.3 Å². The number of aryl methyl sites for hydroxylation is 2. The number of amides is 1. The molecule has 1 atom stereocenters. The molecule has 0 saturated heterocycles. The van der Waals surface area contributed by atoms with Crippen LogP contribution in [-0.4, -0.2) is 32.1 Å². The summed E-state index contributed by atoms with van der Waals surface area (Å²) in [5, 5.41) is 5.19. The zero-order valence-electron chi connectivity index (χ0n) is 17.4. The van der Waals surface area contributed by atoms with E-state index in [1.165, 1.54) is 34.6 Å². The maximum absolute atomic E-state index is 12.6. The van der Waals surface area contributed by atoms with E-state index in [1.54, 1.807) is 19.2 Å². The largest absolute Gasteiger partial charge is 0.339 e. The fourth-order valence-corrected chi connectivity index (χ4v) is 4.41. The molecule has 2 aromatic rings. The molecule has 1 aliphatic rings. The summed E-state index contributed by atoms with van der Waals surface area (Å²) >= 11 is 0. The highest BCUT2D eigenvalue weighted by Gasteiger charge is 2.20. The number of rotatable bonds is 7. The fourth-order valence-electron chi connectivity index (χ4n) is 3.84. The highest BCUT2D eigenvalue weighted by atomic mass is 32.2. The normalized spacial score (nSPS) is 14.6. The number of carbonyl (C=O) groups excluding carboxylic acids is 2. The lowest BCUT2D eigenvalue weighted by atomic mass is 9.89. The van der Waals surface area contributed by atoms with Gasteiger partial charge >= 0.3 is 0 Å². The number of sulfonamides is 1. The van der Waals surface area contributed by atoms with Crippen molar-refractivity contribution >= 4 is 21.7 Å². The Hall–Kier alpha value is -2.51. The van der Waals surface area contributed by atoms with Gasteiger partial charge in [0.1, 0.15) is 0 Å². The second-order valence-electron chi connectivity index (χ2n) is 7.91. The number of Topliss-reactive ketones (excluding diaryl/α,β-unsaturated/α-hetero) is 1. The molecule has 0 fully saturated rings. The molecule has 30 heavy (non-hydrogen) atoms. The van der Waals surface area contributed by atoms with Gasteiger partial charge in [0.2, 0.25) is 15.9 Å². The first-order valence-electron chi connectivity index (χ1n) is 10.2. The summed E-state index contributed by atoms with van der Waals surface area (Å²) in [4.78, 5) is 26.8. The minimum absolute atomic E-state index is 0.00952. The van der Waals surface area contributed by atoms with Crippen LogP contribution in [0.15, 0.2) is 47.4 Å². The monoisotopic (exact) mass is 428 g/mol. The molecule has 3 rings (SSSR count). The average molecular weight is 429 g/mol. The third-order valence-corrected chi connectivity index (χ3v) is 6.79. The summed E-state index contributed by atoms with van der Waals surface area (Å²) in [6.07, 6.45) is 4.67. The van der Waals surface area contributed by atoms with Crippen molar-refractivity contribution in [1.29, 1.82) is 0 Å². The number of nitrogens with two attached hydrogens (primary N) is 1. The number of hydrogen-bond donors (Lipinski definition) is 1. The van der Waals surface area contributed by atoms with Gasteiger partial charge in [-0.2, -0.15) is 0 Å². The van der Waals surface area contributed by atoms with Gasteiger partial charge in [-0.25, -0.2) is 13.6 Å². The van der Waals surface area contributed by atoms with Gasteiger partial charge in [-0.1, -0.05) is 24.3 Å². The SMILES string of the molecule is CC(c1cccc(S(N)(=O)=O)c1)N(C)C(=O)CCC(=O)c1ccc2c(c1)CCCC2. The molecule has 2 aromatic carbocycles. The lowest BCUT2D eigenvalue weighted by Gasteiger charge is -2.25. The predicted octanol–water partition coefficient (Wildman–Crippen LogP) is 3.40. The van der Waals surface area contributed by atoms with Crippen LogP contribution in [0.5, 0.6) is 0 Å². The van der Waals surface area contributed by atoms with E-state index in [0.29, 0.717) is 11.1 Å². The Balaban J connectivity index is 1.62. The molecule has 0 aliphatic heterocycles. The van der Waals surface area contributed by atoms with Crippen molar-refractivity contribution in [1.82, 2.24) is 4.90 Å². The third kappa shape index (κ3) is 5.15. The van der Waals surface area contributed by atoms with E-state index in [2.05, 4.69) is 0 Å². The molecule has 6 nitrogen and oxygen atoms in total. The zero-order valence-corrected chi connectivity index (χ0v) is 18.2. The molecule has 0 saturated carbocycles. The van der Waals surface area contributed by atoms with Crippen molar-refractivity contribution in [3.8, 4) is 0 Å². The molecule has 1 unspecified atom stereocenters. The highest BCUT2D eigenvalue weighted by molar-refractivity contribution is 7.89. The smallest absolute Gasteiger partial charge is 0.238 e. The van der Waals surface area contributed by atoms with Crippen LogP contribution in [0.4, 0.5) is 0 Å². The molecule has 0 spiro atoms. The maximum Gasteiger partial charge on any atom is 0.238 e. The fraction of sp³-hybridized carbons (Fsp3) is 0.391. The Morgan fingerprint density at radius 1 is 1.03 bits per heavy atom. The molecule has 2 N–H and O–H groups in total. The molecular formula is C23H28N2O4S. The minimum Gasteiger partial charge on any atom is -0.339 e. The molecule has 0 heterocycles. The number of benzene rings is 2. The summed E-state index contributed by atoms with van der Waals surface area (Å²) in [6, 6.07) is 11.8. The number of hydrogen-bond acceptors (Lipinski definition) is 4. The number of ketones is 1. The first-order chi connectivity index (χ1) is 14.2. The van der Waals surface area contributed by atoms with Gasteiger partial charge in [0.25, 0.3) is 0 Å². The Bertz CT molecular complexity index is 1060. The Morgan fingerprint density at radius 2 is 1.73 bits per heavy atom. The summed E-state index contributed by atoms with van der Waals surface area (Å²) in [5.41, 5.74) is 3.90. The van der Waals surface area contributed by atoms with E-state index in [4.69, 9.17) is 5.14 Å². The summed E-state index contributed by atoms with van der Waals surface area (Å²) < 4.78 is 23.1. The van der Waals surface area contributed by atoms with Crippen molar-refractivity contribution in [3.05, 3.63) is 64.7 Å². The molecule has 0 bridgehead atoms. The number of nitrogens with zero attached hydrogens (tertiary/aromatic N) is 1. The number of carbonyl (C=O) groups is 2. The summed E-state index contributed by atoms with van der Waals surface area (Å²) in [5.74, 6) is -0.205. The average Bonchev–Trinajstić information content (AvgIpc) is 2.75. The van der Waals surface area contributed by atoms with Crippen molar-refractivity contribution in [2.75, 3.05) is 7.05 Å². The van der Waals surface area contributed by atoms with E-state index in [1.807, 2.05) is 25.1 Å². The topological polar surface area (TPSA) is 97.5 Å². The van der Waals surface area contributed by atoms with Crippen LogP contribution in [0, 0.1) is 0 Å². The van der Waals surface area contributed by atoms with Crippen LogP contribution >= 0.6 is 0 Å². The first-order valence-corrected chi connectivity index (χ1v) is 11.7. The Kier molecular flexibility index (Phi) is 6.73. The Morgan fingerprint density at radius 3 is 2.43 bits per heavy atom. The van der Waals surface area contributed by atoms with E-state index < -0.39 is 10.0 Å². The van der Waals surface area contributed by atoms with Crippen LogP contribution in [-0.2, 0) is 27.7 Å². The second kappa shape index (κ2) is 9.10. The van der Waals surface area contributed by atoms with Crippen LogP contribution in [0.1, 0.15) is 65.7 Å². The molecule has 1 aliphatic carbocycles. The standard InChI is InChI=1S/C23H28N2O4S/c1-16(18-8-5-9-21(15-18)30(24,28)29)25(2)23(27)13-12-22(26)20-11-10-17-6-3-4-7-19(17)14-20/h5,8-11,14-16H,3-4,6-7,12-13H2,1-2H3,(H2,24,28,29). The van der Waals surface area contributed by atoms with Gasteiger partial charge in [0.15, 0.2) is 5.78 Å². The third-order valence-electron chi connectivity index (χ3n) is 5.88. The van der Waals surface area contributed by atoms with Crippen molar-refractivity contribution in [2.45, 2.75) is 56.4 Å². The van der Waals surface area contributed by atoms with Crippen LogP contribution in [0.25, 0.3) is 0 Å². The van der Waals surface area contributed by atoms with Gasteiger partial charge in [0.05, 0.1) is 10.9 Å². The molecule has 0 radical (unpaired) electrons. The van der Waals surface area contributed by atoms with Gasteiger partial charge in [0, 0.05) is 25.5 Å². The lowest BCUT2D eigenvalue weighted by molar-refractivity contribution is -0.131. The number of primary sulfonamides is 1. The van der Waals surface area contributed by atoms with Crippen LogP contribution < -0.4 is 5.14 Å². The van der Waals surface area contributed by atoms with Gasteiger partial charge in [-0.05, 0) is 67.5 Å². The highest BCUT2D eigenvalue weighted by Crippen LogP contribution is 2.24. The van der Waals surface area contributed by atoms with Gasteiger partial charge in [-0.15, -0.1) is 0 Å². The van der Waals surface area contributed by atoms with Crippen molar-refractivity contribution in [3.63, 3.8) is 0 Å². The summed E-state index contributed by atoms with van der Waals surface area (Å²) in [6.45, 7) is 1.81. The van der Waals surface area contributed by atoms with E-state index in [-0.39, 0.29) is 35.5 Å². The van der Waals surface area contributed by atoms with Gasteiger partial charge in [-0.3, -0.25) is 9.59 Å². The second-order valence-corrected chi connectivity index (χ2v) is 9.47. The van der Waals surface area contributed by atoms with E-state index in [9.17, 15) is 18.0 Å². The van der Waals surface area contributed by atoms with E-state index >= 15 is 0 Å². The number of fused-ring (bicyclic) bond motifs is 1. The quantitative estimate of drug-likeness (QED) is 0.684. The minimum atomic E-state index is -3.81.